The lowest BCUT2D eigenvalue weighted by Crippen LogP contribution is -2.28. The van der Waals surface area contributed by atoms with Crippen LogP contribution in [0.3, 0.4) is 0 Å². The number of benzene rings is 5. The highest BCUT2D eigenvalue weighted by Gasteiger charge is 2.28. The summed E-state index contributed by atoms with van der Waals surface area (Å²) in [6, 6.07) is 39.2. The van der Waals surface area contributed by atoms with E-state index in [1.807, 2.05) is 97.1 Å². The van der Waals surface area contributed by atoms with Gasteiger partial charge in [0, 0.05) is 36.2 Å². The Balaban J connectivity index is 0.000000270. The minimum atomic E-state index is -1.01. The molecule has 3 aliphatic heterocycles. The van der Waals surface area contributed by atoms with Crippen LogP contribution in [-0.4, -0.2) is 230 Å². The Morgan fingerprint density at radius 2 is 0.604 bits per heavy atom. The maximum atomic E-state index is 11.1. The Morgan fingerprint density at radius 1 is 0.366 bits per heavy atom. The second kappa shape index (κ2) is 43.9. The molecule has 101 heavy (non-hydrogen) atoms. The monoisotopic (exact) mass is 1410 g/mol. The molecule has 24 nitrogen and oxygen atoms in total. The van der Waals surface area contributed by atoms with Crippen LogP contribution in [-0.2, 0) is 78.0 Å². The summed E-state index contributed by atoms with van der Waals surface area (Å²) < 4.78 is 77.9. The van der Waals surface area contributed by atoms with Crippen LogP contribution in [0, 0.1) is 0 Å². The second-order valence-electron chi connectivity index (χ2n) is 26.0. The molecular weight excluding hydrogens is 1310 g/mol. The van der Waals surface area contributed by atoms with Crippen molar-refractivity contribution in [3.63, 3.8) is 0 Å². The Morgan fingerprint density at radius 3 is 0.871 bits per heavy atom. The first kappa shape index (κ1) is 83.9. The van der Waals surface area contributed by atoms with Gasteiger partial charge in [-0.15, -0.1) is 0 Å². The van der Waals surface area contributed by atoms with Crippen molar-refractivity contribution < 1.29 is 116 Å². The van der Waals surface area contributed by atoms with Gasteiger partial charge in [0.25, 0.3) is 0 Å². The van der Waals surface area contributed by atoms with E-state index in [1.54, 1.807) is 7.11 Å². The van der Waals surface area contributed by atoms with Gasteiger partial charge in [-0.2, -0.15) is 0 Å². The maximum Gasteiger partial charge on any atom is 0.330 e. The third-order valence-corrected chi connectivity index (χ3v) is 15.4. The van der Waals surface area contributed by atoms with Crippen molar-refractivity contribution >= 4 is 17.9 Å². The summed E-state index contributed by atoms with van der Waals surface area (Å²) in [6.07, 6.45) is -1.38. The van der Waals surface area contributed by atoms with Gasteiger partial charge in [-0.05, 0) is 93.9 Å². The highest BCUT2D eigenvalue weighted by molar-refractivity contribution is 5.81. The molecule has 5 aromatic rings. The first-order valence-corrected chi connectivity index (χ1v) is 33.4. The average Bonchev–Trinajstić information content (AvgIpc) is 1.41. The Hall–Kier alpha value is -7.79. The van der Waals surface area contributed by atoms with Crippen LogP contribution < -0.4 is 23.7 Å². The summed E-state index contributed by atoms with van der Waals surface area (Å²) in [4.78, 5) is 33.0. The van der Waals surface area contributed by atoms with E-state index in [9.17, 15) is 39.9 Å². The van der Waals surface area contributed by atoms with Crippen LogP contribution in [0.4, 0.5) is 0 Å². The van der Waals surface area contributed by atoms with Crippen LogP contribution in [0.25, 0.3) is 0 Å². The number of epoxide rings is 3. The fourth-order valence-corrected chi connectivity index (χ4v) is 8.91. The molecule has 5 aromatic carbocycles. The first-order chi connectivity index (χ1) is 48.2. The third-order valence-electron chi connectivity index (χ3n) is 15.4. The molecule has 24 heteroatoms. The van der Waals surface area contributed by atoms with Gasteiger partial charge in [0.05, 0.1) is 66.1 Å². The number of aliphatic hydroxyl groups is 6. The van der Waals surface area contributed by atoms with E-state index in [0.717, 1.165) is 71.8 Å². The molecule has 3 fully saturated rings. The number of hydrogen-bond acceptors (Lipinski definition) is 24. The number of esters is 3. The highest BCUT2D eigenvalue weighted by atomic mass is 16.6. The topological polar surface area (TPSA) is 321 Å². The predicted molar refractivity (Wildman–Crippen MR) is 376 cm³/mol. The van der Waals surface area contributed by atoms with E-state index in [4.69, 9.17) is 76.2 Å². The Labute approximate surface area is 593 Å². The van der Waals surface area contributed by atoms with Gasteiger partial charge in [0.1, 0.15) is 137 Å². The summed E-state index contributed by atoms with van der Waals surface area (Å²) >= 11 is 0. The number of ether oxygens (including phenoxy) is 15. The summed E-state index contributed by atoms with van der Waals surface area (Å²) in [5.41, 5.74) is 5.37. The van der Waals surface area contributed by atoms with Gasteiger partial charge in [-0.3, -0.25) is 0 Å². The van der Waals surface area contributed by atoms with Gasteiger partial charge in [-0.25, -0.2) is 14.4 Å². The molecule has 0 aliphatic carbocycles. The maximum absolute atomic E-state index is 11.1. The summed E-state index contributed by atoms with van der Waals surface area (Å²) in [5, 5.41) is 58.5. The number of hydrogen-bond donors (Lipinski definition) is 6. The minimum Gasteiger partial charge on any atom is -0.491 e. The SMILES string of the molecule is C=CC(=O)OCC(O)COCC(O)COc1ccc(C(C)(C)c2ccc(OCC(O)COC(=O)C=C)cc2)cc1.C=CC(=O)OCC(O)COCC(O)COc1ccc(C(C)(C)c2ccc(OCC3CO3)cc2)cc1.CC(C)(C)c1ccc(OCC2CO2)cc1.COCC(O)COCC1CO1. The van der Waals surface area contributed by atoms with Crippen LogP contribution >= 0.6 is 0 Å². The normalized spacial score (nSPS) is 16.8. The van der Waals surface area contributed by atoms with Crippen LogP contribution in [0.2, 0.25) is 0 Å². The van der Waals surface area contributed by atoms with Gasteiger partial charge >= 0.3 is 17.9 Å². The molecule has 3 aliphatic rings. The first-order valence-electron chi connectivity index (χ1n) is 33.4. The molecule has 9 unspecified atom stereocenters. The van der Waals surface area contributed by atoms with E-state index >= 15 is 0 Å². The van der Waals surface area contributed by atoms with Crippen LogP contribution in [0.15, 0.2) is 159 Å². The van der Waals surface area contributed by atoms with Gasteiger partial charge in [0.15, 0.2) is 0 Å². The van der Waals surface area contributed by atoms with Crippen molar-refractivity contribution in [2.24, 2.45) is 0 Å². The molecule has 8 rings (SSSR count). The fraction of sp³-hybridized carbons (Fsp3) is 0.494. The smallest absolute Gasteiger partial charge is 0.330 e. The molecule has 556 valence electrons. The van der Waals surface area contributed by atoms with E-state index < -0.39 is 54.5 Å². The molecule has 3 saturated heterocycles. The van der Waals surface area contributed by atoms with Crippen molar-refractivity contribution in [2.45, 2.75) is 120 Å². The lowest BCUT2D eigenvalue weighted by atomic mass is 9.78. The lowest BCUT2D eigenvalue weighted by Gasteiger charge is -2.26. The molecule has 0 aromatic heterocycles. The number of rotatable bonds is 42. The summed E-state index contributed by atoms with van der Waals surface area (Å²) in [6.45, 7) is 29.0. The molecule has 3 heterocycles. The molecule has 0 radical (unpaired) electrons. The van der Waals surface area contributed by atoms with E-state index in [0.29, 0.717) is 56.4 Å². The molecule has 6 N–H and O–H groups in total. The van der Waals surface area contributed by atoms with Crippen molar-refractivity contribution in [1.29, 1.82) is 0 Å². The van der Waals surface area contributed by atoms with Gasteiger partial charge < -0.3 is 102 Å². The van der Waals surface area contributed by atoms with E-state index in [1.165, 1.54) is 5.56 Å². The zero-order valence-electron chi connectivity index (χ0n) is 59.4. The van der Waals surface area contributed by atoms with E-state index in [-0.39, 0.29) is 94.5 Å². The molecular formula is C77H104O24. The molecule has 0 amide bonds. The standard InChI is InChI=1S/C30H38O10.C27H34O8.C13H18O2.C7H14O4/c1-5-28(34)39-19-24(32)16-36-15-23(31)17-37-26-11-7-21(8-12-26)30(3,4)22-9-13-27(14-10-22)38-18-25(33)20-40-29(35)6-2;1-4-26(30)35-16-22(29)14-31-13-21(28)15-32-23-9-5-19(6-10-23)27(2,3)20-7-11-24(12-8-20)33-17-25-18-34-25;1-13(2,3)10-4-6-11(7-5-10)14-8-12-9-15-12;1-9-2-6(8)3-10-4-7-5-11-7/h5-14,23-25,31-33H,1-2,15-20H2,3-4H3;4-12,21-22,25,28-29H,1,13-18H2,2-3H3;4-7,12H,8-9H2,1-3H3;6-8H,2-5H2,1H3. The van der Waals surface area contributed by atoms with Crippen molar-refractivity contribution in [2.75, 3.05) is 126 Å². The van der Waals surface area contributed by atoms with Crippen molar-refractivity contribution in [1.82, 2.24) is 0 Å². The molecule has 0 bridgehead atoms. The van der Waals surface area contributed by atoms with Gasteiger partial charge in [0.2, 0.25) is 0 Å². The average molecular weight is 1410 g/mol. The van der Waals surface area contributed by atoms with E-state index in [2.05, 4.69) is 92.5 Å². The zero-order chi connectivity index (χ0) is 73.8. The predicted octanol–water partition coefficient (Wildman–Crippen LogP) is 7.14. The lowest BCUT2D eigenvalue weighted by molar-refractivity contribution is -0.143. The molecule has 0 spiro atoms. The quantitative estimate of drug-likeness (QED) is 0.00979. The minimum absolute atomic E-state index is 0.00284. The Kier molecular flexibility index (Phi) is 36.4. The van der Waals surface area contributed by atoms with Gasteiger partial charge in [-0.1, -0.05) is 129 Å². The number of methoxy groups -OCH3 is 1. The number of aliphatic hydroxyl groups excluding tert-OH is 6. The summed E-state index contributed by atoms with van der Waals surface area (Å²) in [5.74, 6) is 1.69. The molecule has 0 saturated carbocycles. The van der Waals surface area contributed by atoms with Crippen LogP contribution in [0.1, 0.15) is 76.3 Å². The largest absolute Gasteiger partial charge is 0.491 e. The fourth-order valence-electron chi connectivity index (χ4n) is 8.91. The van der Waals surface area contributed by atoms with Crippen molar-refractivity contribution in [3.8, 4) is 28.7 Å². The third kappa shape index (κ3) is 34.2. The van der Waals surface area contributed by atoms with Crippen LogP contribution in [0.5, 0.6) is 28.7 Å². The molecule has 9 atom stereocenters. The summed E-state index contributed by atoms with van der Waals surface area (Å²) in [7, 11) is 1.55. The Bertz CT molecular complexity index is 3170. The number of carbonyl (C=O) groups is 3. The number of carbonyl (C=O) groups excluding carboxylic acids is 3. The second-order valence-corrected chi connectivity index (χ2v) is 26.0. The highest BCUT2D eigenvalue weighted by Crippen LogP contribution is 2.35. The van der Waals surface area contributed by atoms with Crippen molar-refractivity contribution in [3.05, 3.63) is 187 Å². The zero-order valence-corrected chi connectivity index (χ0v) is 59.4.